The van der Waals surface area contributed by atoms with Crippen LogP contribution in [0.2, 0.25) is 10.0 Å². The largest absolute Gasteiger partial charge is 0.349 e. The first-order valence-electron chi connectivity index (χ1n) is 11.0. The minimum absolute atomic E-state index is 0.170. The molecule has 0 aromatic heterocycles. The minimum atomic E-state index is -2.11. The Hall–Kier alpha value is -3.32. The maximum atomic E-state index is 13.9. The number of hydrogen-bond acceptors (Lipinski definition) is 5. The Labute approximate surface area is 210 Å². The van der Waals surface area contributed by atoms with Crippen molar-refractivity contribution in [2.45, 2.75) is 18.6 Å². The molecule has 8 heteroatoms. The number of hydrogen-bond donors (Lipinski definition) is 0. The van der Waals surface area contributed by atoms with E-state index in [4.69, 9.17) is 27.9 Å². The van der Waals surface area contributed by atoms with E-state index in [-0.39, 0.29) is 26.9 Å². The van der Waals surface area contributed by atoms with Gasteiger partial charge in [-0.05, 0) is 36.2 Å². The van der Waals surface area contributed by atoms with Crippen LogP contribution in [0, 0.1) is 18.8 Å². The van der Waals surface area contributed by atoms with E-state index in [2.05, 4.69) is 0 Å². The molecular weight excluding hydrogens is 489 g/mol. The predicted molar refractivity (Wildman–Crippen MR) is 129 cm³/mol. The van der Waals surface area contributed by atoms with Gasteiger partial charge >= 0.3 is 0 Å². The van der Waals surface area contributed by atoms with E-state index in [1.165, 1.54) is 18.2 Å². The zero-order valence-electron chi connectivity index (χ0n) is 18.3. The van der Waals surface area contributed by atoms with E-state index in [1.807, 2.05) is 19.1 Å². The molecule has 0 radical (unpaired) electrons. The number of amides is 2. The summed E-state index contributed by atoms with van der Waals surface area (Å²) in [6.45, 7) is 1.85. The Bertz CT molecular complexity index is 1450. The highest BCUT2D eigenvalue weighted by atomic mass is 35.5. The van der Waals surface area contributed by atoms with Crippen LogP contribution in [0.15, 0.2) is 66.7 Å². The first-order chi connectivity index (χ1) is 16.8. The molecule has 3 aliphatic rings. The lowest BCUT2D eigenvalue weighted by Gasteiger charge is -2.27. The van der Waals surface area contributed by atoms with Crippen molar-refractivity contribution < 1.29 is 23.9 Å². The summed E-state index contributed by atoms with van der Waals surface area (Å²) in [6.07, 6.45) is -0.965. The molecule has 2 amide bonds. The van der Waals surface area contributed by atoms with Crippen molar-refractivity contribution in [3.8, 4) is 0 Å². The summed E-state index contributed by atoms with van der Waals surface area (Å²) in [4.78, 5) is 56.3. The molecule has 0 N–H and O–H groups in total. The Morgan fingerprint density at radius 2 is 1.43 bits per heavy atom. The second kappa shape index (κ2) is 7.59. The van der Waals surface area contributed by atoms with E-state index in [0.717, 1.165) is 10.5 Å². The van der Waals surface area contributed by atoms with Gasteiger partial charge in [-0.25, -0.2) is 4.90 Å². The number of halogens is 2. The van der Waals surface area contributed by atoms with Crippen molar-refractivity contribution in [1.29, 1.82) is 0 Å². The van der Waals surface area contributed by atoms with Crippen molar-refractivity contribution in [2.24, 2.45) is 11.8 Å². The first kappa shape index (κ1) is 22.2. The van der Waals surface area contributed by atoms with Gasteiger partial charge in [0.05, 0.1) is 33.7 Å². The van der Waals surface area contributed by atoms with Gasteiger partial charge in [0, 0.05) is 11.1 Å². The Morgan fingerprint density at radius 3 is 2.06 bits per heavy atom. The van der Waals surface area contributed by atoms with Crippen LogP contribution in [-0.2, 0) is 14.3 Å². The predicted octanol–water partition coefficient (Wildman–Crippen LogP) is 5.00. The summed E-state index contributed by atoms with van der Waals surface area (Å²) in [5, 5.41) is 0.438. The summed E-state index contributed by atoms with van der Waals surface area (Å²) < 4.78 is 6.30. The number of anilines is 1. The number of benzene rings is 3. The lowest BCUT2D eigenvalue weighted by Crippen LogP contribution is -2.51. The van der Waals surface area contributed by atoms with Gasteiger partial charge in [0.2, 0.25) is 29.0 Å². The maximum absolute atomic E-state index is 13.9. The lowest BCUT2D eigenvalue weighted by atomic mass is 9.77. The zero-order chi connectivity index (χ0) is 24.6. The molecule has 3 aromatic carbocycles. The molecule has 35 heavy (non-hydrogen) atoms. The number of rotatable bonds is 2. The van der Waals surface area contributed by atoms with Crippen LogP contribution in [0.1, 0.15) is 37.9 Å². The molecule has 3 aromatic rings. The fourth-order valence-corrected chi connectivity index (χ4v) is 5.88. The molecule has 2 heterocycles. The average molecular weight is 506 g/mol. The molecule has 2 aliphatic heterocycles. The molecule has 6 rings (SSSR count). The molecule has 3 atom stereocenters. The highest BCUT2D eigenvalue weighted by Gasteiger charge is 2.74. The number of ether oxygens (including phenoxy) is 1. The van der Waals surface area contributed by atoms with E-state index in [9.17, 15) is 19.2 Å². The van der Waals surface area contributed by atoms with E-state index >= 15 is 0 Å². The normalized spacial score (nSPS) is 24.4. The molecule has 0 saturated carbocycles. The zero-order valence-corrected chi connectivity index (χ0v) is 19.8. The average Bonchev–Trinajstić information content (AvgIpc) is 3.41. The first-order valence-corrected chi connectivity index (χ1v) is 11.8. The number of carbonyl (C=O) groups is 4. The highest BCUT2D eigenvalue weighted by molar-refractivity contribution is 6.42. The molecule has 2 saturated heterocycles. The van der Waals surface area contributed by atoms with Crippen molar-refractivity contribution >= 4 is 52.3 Å². The van der Waals surface area contributed by atoms with Gasteiger partial charge < -0.3 is 4.74 Å². The van der Waals surface area contributed by atoms with Gasteiger partial charge in [-0.1, -0.05) is 71.7 Å². The molecule has 1 spiro atoms. The topological polar surface area (TPSA) is 80.8 Å². The third-order valence-electron chi connectivity index (χ3n) is 7.18. The van der Waals surface area contributed by atoms with Gasteiger partial charge in [0.1, 0.15) is 0 Å². The van der Waals surface area contributed by atoms with Crippen LogP contribution in [0.5, 0.6) is 0 Å². The standard InChI is InChI=1S/C27H17Cl2NO5/c1-13-6-2-3-7-15(13)22-20-21(26(34)30(25(20)33)14-10-11-18(28)19(29)12-14)27(35-22)23(31)16-8-4-5-9-17(16)24(27)32/h2-12,20-22H,1H3/t20-,21-,22+/m1/s1. The van der Waals surface area contributed by atoms with Crippen molar-refractivity contribution in [3.05, 3.63) is 99.0 Å². The Kier molecular flexibility index (Phi) is 4.81. The van der Waals surface area contributed by atoms with Gasteiger partial charge in [-0.15, -0.1) is 0 Å². The molecular formula is C27H17Cl2NO5. The summed E-state index contributed by atoms with van der Waals surface area (Å²) in [5.74, 6) is -4.81. The van der Waals surface area contributed by atoms with E-state index in [0.29, 0.717) is 5.56 Å². The number of aryl methyl sites for hydroxylation is 1. The molecule has 2 fully saturated rings. The van der Waals surface area contributed by atoms with Crippen LogP contribution < -0.4 is 4.90 Å². The Balaban J connectivity index is 1.56. The van der Waals surface area contributed by atoms with Crippen LogP contribution in [0.4, 0.5) is 5.69 Å². The Morgan fingerprint density at radius 1 is 0.800 bits per heavy atom. The number of imide groups is 1. The number of carbonyl (C=O) groups excluding carboxylic acids is 4. The number of nitrogens with zero attached hydrogens (tertiary/aromatic N) is 1. The van der Waals surface area contributed by atoms with E-state index < -0.39 is 46.9 Å². The maximum Gasteiger partial charge on any atom is 0.241 e. The minimum Gasteiger partial charge on any atom is -0.349 e. The molecule has 0 unspecified atom stereocenters. The monoisotopic (exact) mass is 505 g/mol. The third kappa shape index (κ3) is 2.82. The van der Waals surface area contributed by atoms with Crippen LogP contribution in [0.25, 0.3) is 0 Å². The van der Waals surface area contributed by atoms with Gasteiger partial charge in [-0.2, -0.15) is 0 Å². The number of Topliss-reactive ketones (excluding diaryl/α,β-unsaturated/α-hetero) is 2. The van der Waals surface area contributed by atoms with Gasteiger partial charge in [0.25, 0.3) is 0 Å². The molecule has 0 bridgehead atoms. The van der Waals surface area contributed by atoms with Crippen molar-refractivity contribution in [2.75, 3.05) is 4.90 Å². The summed E-state index contributed by atoms with van der Waals surface area (Å²) >= 11 is 12.2. The van der Waals surface area contributed by atoms with Crippen molar-refractivity contribution in [1.82, 2.24) is 0 Å². The summed E-state index contributed by atoms with van der Waals surface area (Å²) in [5.41, 5.74) is -0.0494. The highest BCUT2D eigenvalue weighted by Crippen LogP contribution is 2.58. The molecule has 174 valence electrons. The van der Waals surface area contributed by atoms with Gasteiger partial charge in [0.15, 0.2) is 0 Å². The molecule has 6 nitrogen and oxygen atoms in total. The SMILES string of the molecule is Cc1ccccc1[C@@H]1OC2(C(=O)c3ccccc3C2=O)[C@H]2C(=O)N(c3ccc(Cl)c(Cl)c3)C(=O)[C@@H]12. The second-order valence-corrected chi connectivity index (χ2v) is 9.76. The third-order valence-corrected chi connectivity index (χ3v) is 7.91. The van der Waals surface area contributed by atoms with Crippen LogP contribution in [0.3, 0.4) is 0 Å². The molecule has 1 aliphatic carbocycles. The second-order valence-electron chi connectivity index (χ2n) is 8.95. The fraction of sp³-hybridized carbons (Fsp3) is 0.185. The van der Waals surface area contributed by atoms with E-state index in [1.54, 1.807) is 36.4 Å². The van der Waals surface area contributed by atoms with Gasteiger partial charge in [-0.3, -0.25) is 19.2 Å². The van der Waals surface area contributed by atoms with Crippen LogP contribution >= 0.6 is 23.2 Å². The fourth-order valence-electron chi connectivity index (χ4n) is 5.58. The van der Waals surface area contributed by atoms with Crippen molar-refractivity contribution in [3.63, 3.8) is 0 Å². The smallest absolute Gasteiger partial charge is 0.241 e. The van der Waals surface area contributed by atoms with Crippen LogP contribution in [-0.4, -0.2) is 29.0 Å². The number of ketones is 2. The summed E-state index contributed by atoms with van der Waals surface area (Å²) in [6, 6.07) is 18.1. The quantitative estimate of drug-likeness (QED) is 0.361. The summed E-state index contributed by atoms with van der Waals surface area (Å²) in [7, 11) is 0. The lowest BCUT2D eigenvalue weighted by molar-refractivity contribution is -0.127. The number of fused-ring (bicyclic) bond motifs is 3.